The summed E-state index contributed by atoms with van der Waals surface area (Å²) < 4.78 is 16.9. The second kappa shape index (κ2) is 5.78. The second-order valence-corrected chi connectivity index (χ2v) is 6.23. The quantitative estimate of drug-likeness (QED) is 0.803. The van der Waals surface area contributed by atoms with E-state index in [1.807, 2.05) is 37.3 Å². The Labute approximate surface area is 125 Å². The van der Waals surface area contributed by atoms with E-state index in [0.29, 0.717) is 19.8 Å². The van der Waals surface area contributed by atoms with E-state index in [9.17, 15) is 4.79 Å². The van der Waals surface area contributed by atoms with Crippen LogP contribution in [0.25, 0.3) is 0 Å². The largest absolute Gasteiger partial charge is 0.460 e. The first-order valence-electron chi connectivity index (χ1n) is 7.61. The second-order valence-electron chi connectivity index (χ2n) is 6.23. The summed E-state index contributed by atoms with van der Waals surface area (Å²) in [6.45, 7) is 3.65. The van der Waals surface area contributed by atoms with Gasteiger partial charge in [-0.3, -0.25) is 4.79 Å². The van der Waals surface area contributed by atoms with Crippen molar-refractivity contribution in [2.24, 2.45) is 5.41 Å². The van der Waals surface area contributed by atoms with Crippen LogP contribution in [0.4, 0.5) is 0 Å². The molecule has 0 atom stereocenters. The zero-order chi connectivity index (χ0) is 14.8. The lowest BCUT2D eigenvalue weighted by molar-refractivity contribution is -0.198. The maximum absolute atomic E-state index is 12.4. The van der Waals surface area contributed by atoms with Gasteiger partial charge in [0.25, 0.3) is 0 Å². The molecule has 4 heteroatoms. The Morgan fingerprint density at radius 1 is 1.10 bits per heavy atom. The third-order valence-corrected chi connectivity index (χ3v) is 4.63. The van der Waals surface area contributed by atoms with Crippen LogP contribution in [0.2, 0.25) is 0 Å². The fourth-order valence-corrected chi connectivity index (χ4v) is 3.07. The van der Waals surface area contributed by atoms with Gasteiger partial charge in [-0.05, 0) is 25.3 Å². The van der Waals surface area contributed by atoms with Crippen molar-refractivity contribution in [1.82, 2.24) is 0 Å². The molecule has 1 spiro atoms. The average molecular weight is 290 g/mol. The van der Waals surface area contributed by atoms with Crippen molar-refractivity contribution < 1.29 is 19.0 Å². The van der Waals surface area contributed by atoms with Crippen molar-refractivity contribution in [3.8, 4) is 0 Å². The molecule has 2 aliphatic rings. The van der Waals surface area contributed by atoms with Crippen molar-refractivity contribution in [2.75, 3.05) is 13.2 Å². The Bertz CT molecular complexity index is 481. The Kier molecular flexibility index (Phi) is 4.00. The summed E-state index contributed by atoms with van der Waals surface area (Å²) in [5.41, 5.74) is 0.596. The number of hydrogen-bond acceptors (Lipinski definition) is 4. The van der Waals surface area contributed by atoms with Crippen LogP contribution in [0.1, 0.15) is 38.2 Å². The summed E-state index contributed by atoms with van der Waals surface area (Å²) in [7, 11) is 0. The summed E-state index contributed by atoms with van der Waals surface area (Å²) in [6, 6.07) is 9.78. The highest BCUT2D eigenvalue weighted by atomic mass is 16.7. The number of hydrogen-bond donors (Lipinski definition) is 0. The standard InChI is InChI=1S/C17H22O4/c1-16(7-9-17(10-8-16)20-11-12-21-17)15(18)19-13-14-5-3-2-4-6-14/h2-6H,7-13H2,1H3. The van der Waals surface area contributed by atoms with E-state index in [1.54, 1.807) is 0 Å². The van der Waals surface area contributed by atoms with Crippen molar-refractivity contribution in [1.29, 1.82) is 0 Å². The SMILES string of the molecule is CC1(C(=O)OCc2ccccc2)CCC2(CC1)OCCO2. The van der Waals surface area contributed by atoms with Gasteiger partial charge in [-0.25, -0.2) is 0 Å². The molecule has 0 amide bonds. The molecule has 4 nitrogen and oxygen atoms in total. The number of rotatable bonds is 3. The number of carbonyl (C=O) groups excluding carboxylic acids is 1. The predicted octanol–water partition coefficient (Wildman–Crippen LogP) is 3.05. The maximum Gasteiger partial charge on any atom is 0.312 e. The molecule has 0 radical (unpaired) electrons. The minimum Gasteiger partial charge on any atom is -0.460 e. The van der Waals surface area contributed by atoms with E-state index in [1.165, 1.54) is 0 Å². The van der Waals surface area contributed by atoms with Crippen molar-refractivity contribution in [3.05, 3.63) is 35.9 Å². The molecule has 0 aromatic heterocycles. The van der Waals surface area contributed by atoms with Crippen LogP contribution in [-0.2, 0) is 25.6 Å². The fourth-order valence-electron chi connectivity index (χ4n) is 3.07. The molecule has 3 rings (SSSR count). The van der Waals surface area contributed by atoms with Gasteiger partial charge in [0.15, 0.2) is 5.79 Å². The molecule has 0 unspecified atom stereocenters. The van der Waals surface area contributed by atoms with E-state index in [0.717, 1.165) is 31.2 Å². The van der Waals surface area contributed by atoms with Gasteiger partial charge in [0.05, 0.1) is 18.6 Å². The summed E-state index contributed by atoms with van der Waals surface area (Å²) in [5.74, 6) is -0.543. The molecule has 0 N–H and O–H groups in total. The summed E-state index contributed by atoms with van der Waals surface area (Å²) >= 11 is 0. The van der Waals surface area contributed by atoms with Crippen LogP contribution < -0.4 is 0 Å². The summed E-state index contributed by atoms with van der Waals surface area (Å²) in [4.78, 5) is 12.4. The van der Waals surface area contributed by atoms with Gasteiger partial charge in [0.1, 0.15) is 6.61 Å². The monoisotopic (exact) mass is 290 g/mol. The number of benzene rings is 1. The van der Waals surface area contributed by atoms with E-state index < -0.39 is 11.2 Å². The molecule has 1 heterocycles. The third-order valence-electron chi connectivity index (χ3n) is 4.63. The van der Waals surface area contributed by atoms with Gasteiger partial charge >= 0.3 is 5.97 Å². The molecule has 1 aromatic carbocycles. The molecular formula is C17H22O4. The molecular weight excluding hydrogens is 268 g/mol. The molecule has 1 aromatic rings. The van der Waals surface area contributed by atoms with Crippen LogP contribution >= 0.6 is 0 Å². The van der Waals surface area contributed by atoms with Crippen molar-refractivity contribution >= 4 is 5.97 Å². The first-order valence-corrected chi connectivity index (χ1v) is 7.61. The zero-order valence-electron chi connectivity index (χ0n) is 12.5. The average Bonchev–Trinajstić information content (AvgIpc) is 2.98. The lowest BCUT2D eigenvalue weighted by Crippen LogP contribution is -2.42. The minimum atomic E-state index is -0.431. The van der Waals surface area contributed by atoms with Gasteiger partial charge in [-0.1, -0.05) is 30.3 Å². The number of ether oxygens (including phenoxy) is 3. The molecule has 1 saturated carbocycles. The Balaban J connectivity index is 1.55. The van der Waals surface area contributed by atoms with Crippen LogP contribution in [0.15, 0.2) is 30.3 Å². The van der Waals surface area contributed by atoms with E-state index in [-0.39, 0.29) is 5.97 Å². The topological polar surface area (TPSA) is 44.8 Å². The fraction of sp³-hybridized carbons (Fsp3) is 0.588. The van der Waals surface area contributed by atoms with Crippen LogP contribution in [-0.4, -0.2) is 25.0 Å². The molecule has 114 valence electrons. The Morgan fingerprint density at radius 2 is 1.71 bits per heavy atom. The molecule has 1 saturated heterocycles. The number of esters is 1. The first-order chi connectivity index (χ1) is 10.1. The molecule has 1 aliphatic carbocycles. The van der Waals surface area contributed by atoms with E-state index >= 15 is 0 Å². The van der Waals surface area contributed by atoms with Gasteiger partial charge in [-0.15, -0.1) is 0 Å². The lowest BCUT2D eigenvalue weighted by atomic mass is 9.73. The lowest BCUT2D eigenvalue weighted by Gasteiger charge is -2.39. The normalized spacial score (nSPS) is 23.1. The summed E-state index contributed by atoms with van der Waals surface area (Å²) in [5, 5.41) is 0. The van der Waals surface area contributed by atoms with E-state index in [2.05, 4.69) is 0 Å². The minimum absolute atomic E-state index is 0.112. The first kappa shape index (κ1) is 14.5. The zero-order valence-corrected chi connectivity index (χ0v) is 12.5. The van der Waals surface area contributed by atoms with Crippen molar-refractivity contribution in [2.45, 2.75) is 45.0 Å². The highest BCUT2D eigenvalue weighted by molar-refractivity contribution is 5.76. The van der Waals surface area contributed by atoms with Gasteiger partial charge < -0.3 is 14.2 Å². The molecule has 0 bridgehead atoms. The van der Waals surface area contributed by atoms with E-state index in [4.69, 9.17) is 14.2 Å². The van der Waals surface area contributed by atoms with Gasteiger partial charge in [0, 0.05) is 12.8 Å². The Hall–Kier alpha value is -1.39. The Morgan fingerprint density at radius 3 is 2.33 bits per heavy atom. The number of carbonyl (C=O) groups is 1. The third kappa shape index (κ3) is 3.11. The van der Waals surface area contributed by atoms with Gasteiger partial charge in [-0.2, -0.15) is 0 Å². The van der Waals surface area contributed by atoms with Crippen LogP contribution in [0.5, 0.6) is 0 Å². The van der Waals surface area contributed by atoms with Crippen LogP contribution in [0, 0.1) is 5.41 Å². The molecule has 2 fully saturated rings. The highest BCUT2D eigenvalue weighted by Gasteiger charge is 2.48. The highest BCUT2D eigenvalue weighted by Crippen LogP contribution is 2.45. The maximum atomic E-state index is 12.4. The molecule has 1 aliphatic heterocycles. The smallest absolute Gasteiger partial charge is 0.312 e. The predicted molar refractivity (Wildman–Crippen MR) is 77.4 cm³/mol. The van der Waals surface area contributed by atoms with Crippen molar-refractivity contribution in [3.63, 3.8) is 0 Å². The summed E-state index contributed by atoms with van der Waals surface area (Å²) in [6.07, 6.45) is 3.04. The molecule has 21 heavy (non-hydrogen) atoms. The van der Waals surface area contributed by atoms with Crippen LogP contribution in [0.3, 0.4) is 0 Å². The van der Waals surface area contributed by atoms with Gasteiger partial charge in [0.2, 0.25) is 0 Å².